The van der Waals surface area contributed by atoms with Gasteiger partial charge in [0.25, 0.3) is 0 Å². The summed E-state index contributed by atoms with van der Waals surface area (Å²) in [5, 5.41) is 7.11. The van der Waals surface area contributed by atoms with E-state index >= 15 is 0 Å². The van der Waals surface area contributed by atoms with E-state index in [1.54, 1.807) is 0 Å². The van der Waals surface area contributed by atoms with Crippen LogP contribution >= 0.6 is 11.8 Å². The van der Waals surface area contributed by atoms with Gasteiger partial charge in [-0.1, -0.05) is 11.8 Å². The number of carbonyl (C=O) groups is 1. The monoisotopic (exact) mass is 232 g/mol. The van der Waals surface area contributed by atoms with Crippen LogP contribution in [0.1, 0.15) is 40.0 Å². The third-order valence-corrected chi connectivity index (χ3v) is 2.26. The van der Waals surface area contributed by atoms with Gasteiger partial charge in [-0.15, -0.1) is 0 Å². The molecule has 0 bridgehead atoms. The highest BCUT2D eigenvalue weighted by molar-refractivity contribution is 8.13. The maximum absolute atomic E-state index is 11.3. The van der Waals surface area contributed by atoms with E-state index < -0.39 is 5.60 Å². The molecule has 0 aliphatic heterocycles. The molecule has 0 aliphatic carbocycles. The first kappa shape index (κ1) is 14.3. The number of carbonyl (C=O) groups excluding carboxylic acids is 1. The molecular weight excluding hydrogens is 212 g/mol. The SMILES string of the molecule is CC(C)(C)OC(=O)CCCCSC(=N)N. The molecule has 88 valence electrons. The number of thioether (sulfide) groups is 1. The second-order valence-corrected chi connectivity index (χ2v) is 5.39. The molecule has 0 saturated carbocycles. The Morgan fingerprint density at radius 3 is 2.47 bits per heavy atom. The van der Waals surface area contributed by atoms with Gasteiger partial charge in [0.1, 0.15) is 5.60 Å². The number of rotatable bonds is 5. The van der Waals surface area contributed by atoms with Crippen LogP contribution in [-0.4, -0.2) is 22.5 Å². The minimum absolute atomic E-state index is 0.132. The van der Waals surface area contributed by atoms with Crippen molar-refractivity contribution in [2.75, 3.05) is 5.75 Å². The minimum atomic E-state index is -0.398. The van der Waals surface area contributed by atoms with Gasteiger partial charge < -0.3 is 10.5 Å². The van der Waals surface area contributed by atoms with Crippen molar-refractivity contribution in [3.63, 3.8) is 0 Å². The van der Waals surface area contributed by atoms with Gasteiger partial charge in [-0.05, 0) is 33.6 Å². The average molecular weight is 232 g/mol. The van der Waals surface area contributed by atoms with E-state index in [4.69, 9.17) is 15.9 Å². The smallest absolute Gasteiger partial charge is 0.306 e. The normalized spacial score (nSPS) is 11.1. The molecule has 4 nitrogen and oxygen atoms in total. The maximum atomic E-state index is 11.3. The fourth-order valence-corrected chi connectivity index (χ4v) is 1.51. The van der Waals surface area contributed by atoms with Gasteiger partial charge >= 0.3 is 5.97 Å². The Balaban J connectivity index is 3.44. The van der Waals surface area contributed by atoms with Gasteiger partial charge in [-0.2, -0.15) is 0 Å². The molecule has 0 saturated heterocycles. The Kier molecular flexibility index (Phi) is 6.40. The Bertz CT molecular complexity index is 224. The van der Waals surface area contributed by atoms with Crippen molar-refractivity contribution >= 4 is 22.9 Å². The van der Waals surface area contributed by atoms with Crippen molar-refractivity contribution < 1.29 is 9.53 Å². The summed E-state index contributed by atoms with van der Waals surface area (Å²) in [5.41, 5.74) is 4.77. The number of esters is 1. The van der Waals surface area contributed by atoms with Gasteiger partial charge in [-0.3, -0.25) is 10.2 Å². The summed E-state index contributed by atoms with van der Waals surface area (Å²) in [6.07, 6.45) is 2.11. The van der Waals surface area contributed by atoms with E-state index in [9.17, 15) is 4.79 Å². The molecule has 0 spiro atoms. The molecule has 0 radical (unpaired) electrons. The maximum Gasteiger partial charge on any atom is 0.306 e. The van der Waals surface area contributed by atoms with Crippen LogP contribution < -0.4 is 5.73 Å². The lowest BCUT2D eigenvalue weighted by Gasteiger charge is -2.19. The molecule has 15 heavy (non-hydrogen) atoms. The van der Waals surface area contributed by atoms with E-state index in [2.05, 4.69) is 0 Å². The van der Waals surface area contributed by atoms with Crippen LogP contribution in [0.3, 0.4) is 0 Å². The van der Waals surface area contributed by atoms with Crippen LogP contribution in [0, 0.1) is 5.41 Å². The lowest BCUT2D eigenvalue weighted by Crippen LogP contribution is -2.23. The van der Waals surface area contributed by atoms with Crippen molar-refractivity contribution in [1.82, 2.24) is 0 Å². The third kappa shape index (κ3) is 11.2. The highest BCUT2D eigenvalue weighted by Gasteiger charge is 2.15. The van der Waals surface area contributed by atoms with Crippen LogP contribution in [0.5, 0.6) is 0 Å². The predicted octanol–water partition coefficient (Wildman–Crippen LogP) is 2.13. The molecule has 0 amide bonds. The summed E-state index contributed by atoms with van der Waals surface area (Å²) in [6, 6.07) is 0. The van der Waals surface area contributed by atoms with Crippen LogP contribution in [0.2, 0.25) is 0 Å². The Morgan fingerprint density at radius 2 is 2.00 bits per heavy atom. The molecule has 0 aromatic carbocycles. The van der Waals surface area contributed by atoms with Crippen molar-refractivity contribution in [3.8, 4) is 0 Å². The molecule has 0 heterocycles. The molecule has 0 unspecified atom stereocenters. The molecule has 0 atom stereocenters. The van der Waals surface area contributed by atoms with E-state index in [-0.39, 0.29) is 11.1 Å². The summed E-state index contributed by atoms with van der Waals surface area (Å²) in [5.74, 6) is 0.633. The summed E-state index contributed by atoms with van der Waals surface area (Å²) in [6.45, 7) is 5.57. The molecule has 5 heteroatoms. The van der Waals surface area contributed by atoms with Crippen LogP contribution in [0.15, 0.2) is 0 Å². The van der Waals surface area contributed by atoms with Gasteiger partial charge in [0, 0.05) is 12.2 Å². The first-order valence-electron chi connectivity index (χ1n) is 5.00. The standard InChI is InChI=1S/C10H20N2O2S/c1-10(2,3)14-8(13)6-4-5-7-15-9(11)12/h4-7H2,1-3H3,(H3,11,12). The number of unbranched alkanes of at least 4 members (excludes halogenated alkanes) is 1. The molecule has 0 aromatic rings. The molecule has 3 N–H and O–H groups in total. The number of ether oxygens (including phenoxy) is 1. The second-order valence-electron chi connectivity index (χ2n) is 4.26. The zero-order valence-electron chi connectivity index (χ0n) is 9.63. The van der Waals surface area contributed by atoms with Gasteiger partial charge in [0.2, 0.25) is 0 Å². The summed E-state index contributed by atoms with van der Waals surface area (Å²) in [7, 11) is 0. The van der Waals surface area contributed by atoms with Crippen LogP contribution in [-0.2, 0) is 9.53 Å². The zero-order chi connectivity index (χ0) is 11.9. The average Bonchev–Trinajstić information content (AvgIpc) is 1.99. The largest absolute Gasteiger partial charge is 0.460 e. The molecule has 0 fully saturated rings. The summed E-state index contributed by atoms with van der Waals surface area (Å²) in [4.78, 5) is 11.3. The Labute approximate surface area is 95.4 Å². The summed E-state index contributed by atoms with van der Waals surface area (Å²) >= 11 is 1.31. The van der Waals surface area contributed by atoms with E-state index in [1.807, 2.05) is 20.8 Å². The predicted molar refractivity (Wildman–Crippen MR) is 64.1 cm³/mol. The van der Waals surface area contributed by atoms with Crippen molar-refractivity contribution in [3.05, 3.63) is 0 Å². The van der Waals surface area contributed by atoms with E-state index in [0.29, 0.717) is 6.42 Å². The molecule has 0 aromatic heterocycles. The zero-order valence-corrected chi connectivity index (χ0v) is 10.4. The van der Waals surface area contributed by atoms with Crippen molar-refractivity contribution in [1.29, 1.82) is 5.41 Å². The summed E-state index contributed by atoms with van der Waals surface area (Å²) < 4.78 is 5.15. The lowest BCUT2D eigenvalue weighted by molar-refractivity contribution is -0.154. The topological polar surface area (TPSA) is 76.2 Å². The quantitative estimate of drug-likeness (QED) is 0.329. The number of nitrogens with one attached hydrogen (secondary N) is 1. The van der Waals surface area contributed by atoms with Crippen molar-refractivity contribution in [2.24, 2.45) is 5.73 Å². The first-order valence-corrected chi connectivity index (χ1v) is 5.98. The molecular formula is C10H20N2O2S. The highest BCUT2D eigenvalue weighted by atomic mass is 32.2. The second kappa shape index (κ2) is 6.71. The molecule has 0 aliphatic rings. The van der Waals surface area contributed by atoms with Gasteiger partial charge in [0.05, 0.1) is 0 Å². The molecule has 0 rings (SSSR count). The van der Waals surface area contributed by atoms with E-state index in [0.717, 1.165) is 18.6 Å². The third-order valence-electron chi connectivity index (χ3n) is 1.45. The Hall–Kier alpha value is -0.710. The van der Waals surface area contributed by atoms with E-state index in [1.165, 1.54) is 11.8 Å². The number of nitrogens with two attached hydrogens (primary N) is 1. The van der Waals surface area contributed by atoms with Gasteiger partial charge in [0.15, 0.2) is 5.17 Å². The number of amidine groups is 1. The van der Waals surface area contributed by atoms with Crippen LogP contribution in [0.25, 0.3) is 0 Å². The van der Waals surface area contributed by atoms with Gasteiger partial charge in [-0.25, -0.2) is 0 Å². The number of hydrogen-bond donors (Lipinski definition) is 2. The minimum Gasteiger partial charge on any atom is -0.460 e. The fourth-order valence-electron chi connectivity index (χ4n) is 0.946. The lowest BCUT2D eigenvalue weighted by atomic mass is 10.2. The fraction of sp³-hybridized carbons (Fsp3) is 0.800. The first-order chi connectivity index (χ1) is 6.81. The Morgan fingerprint density at radius 1 is 1.40 bits per heavy atom. The highest BCUT2D eigenvalue weighted by Crippen LogP contribution is 2.11. The van der Waals surface area contributed by atoms with Crippen LogP contribution in [0.4, 0.5) is 0 Å². The number of hydrogen-bond acceptors (Lipinski definition) is 4. The van der Waals surface area contributed by atoms with Crippen molar-refractivity contribution in [2.45, 2.75) is 45.6 Å².